The zero-order valence-electron chi connectivity index (χ0n) is 18.9. The van der Waals surface area contributed by atoms with Gasteiger partial charge in [-0.1, -0.05) is 36.4 Å². The molecule has 2 aromatic carbocycles. The molecule has 2 aromatic rings. The average molecular weight is 439 g/mol. The van der Waals surface area contributed by atoms with Gasteiger partial charge in [-0.3, -0.25) is 4.79 Å². The van der Waals surface area contributed by atoms with Gasteiger partial charge in [0.15, 0.2) is 0 Å². The number of benzene rings is 2. The minimum atomic E-state index is -1.41. The Kier molecular flexibility index (Phi) is 8.01. The first-order valence-electron chi connectivity index (χ1n) is 10.4. The van der Waals surface area contributed by atoms with Crippen LogP contribution in [0.2, 0.25) is 0 Å². The van der Waals surface area contributed by atoms with Crippen molar-refractivity contribution >= 4 is 12.1 Å². The number of rotatable bonds is 8. The number of carboxylic acid groups (broad SMARTS) is 1. The number of nitriles is 1. The summed E-state index contributed by atoms with van der Waals surface area (Å²) in [6.07, 6.45) is -0.247. The highest BCUT2D eigenvalue weighted by molar-refractivity contribution is 5.74. The number of aliphatic hydroxyl groups is 1. The van der Waals surface area contributed by atoms with Crippen LogP contribution in [0, 0.1) is 16.7 Å². The molecule has 0 saturated heterocycles. The number of nitrogens with one attached hydrogen (secondary N) is 1. The van der Waals surface area contributed by atoms with Crippen molar-refractivity contribution in [1.29, 1.82) is 5.26 Å². The zero-order valence-corrected chi connectivity index (χ0v) is 18.9. The van der Waals surface area contributed by atoms with Crippen LogP contribution in [-0.2, 0) is 16.0 Å². The second kappa shape index (κ2) is 10.3. The minimum Gasteiger partial charge on any atom is -0.481 e. The van der Waals surface area contributed by atoms with Gasteiger partial charge in [-0.2, -0.15) is 5.26 Å². The van der Waals surface area contributed by atoms with E-state index in [0.29, 0.717) is 12.0 Å². The lowest BCUT2D eigenvalue weighted by molar-refractivity contribution is -0.151. The molecule has 0 radical (unpaired) electrons. The quantitative estimate of drug-likeness (QED) is 0.570. The van der Waals surface area contributed by atoms with Gasteiger partial charge in [0.25, 0.3) is 0 Å². The number of aliphatic carboxylic acids is 1. The lowest BCUT2D eigenvalue weighted by Crippen LogP contribution is -2.45. The molecule has 0 spiro atoms. The van der Waals surface area contributed by atoms with Gasteiger partial charge in [-0.25, -0.2) is 4.79 Å². The predicted octanol–water partition coefficient (Wildman–Crippen LogP) is 4.13. The average Bonchev–Trinajstić information content (AvgIpc) is 2.72. The molecule has 7 heteroatoms. The van der Waals surface area contributed by atoms with Gasteiger partial charge in [-0.15, -0.1) is 0 Å². The molecule has 2 rings (SSSR count). The van der Waals surface area contributed by atoms with Gasteiger partial charge in [0.2, 0.25) is 0 Å². The fourth-order valence-corrected chi connectivity index (χ4v) is 3.30. The molecule has 0 aliphatic carbocycles. The molecule has 0 aromatic heterocycles. The van der Waals surface area contributed by atoms with Gasteiger partial charge >= 0.3 is 12.1 Å². The Hall–Kier alpha value is -3.37. The largest absolute Gasteiger partial charge is 0.481 e. The van der Waals surface area contributed by atoms with Crippen LogP contribution in [0.5, 0.6) is 0 Å². The molecule has 0 heterocycles. The first-order chi connectivity index (χ1) is 15.0. The van der Waals surface area contributed by atoms with Gasteiger partial charge in [-0.05, 0) is 69.4 Å². The van der Waals surface area contributed by atoms with Crippen LogP contribution in [-0.4, -0.2) is 40.5 Å². The van der Waals surface area contributed by atoms with E-state index in [2.05, 4.69) is 11.4 Å². The number of hydrogen-bond donors (Lipinski definition) is 3. The molecule has 0 aliphatic heterocycles. The Morgan fingerprint density at radius 3 is 2.28 bits per heavy atom. The van der Waals surface area contributed by atoms with Gasteiger partial charge in [0.1, 0.15) is 5.60 Å². The van der Waals surface area contributed by atoms with E-state index >= 15 is 0 Å². The van der Waals surface area contributed by atoms with Crippen LogP contribution in [0.3, 0.4) is 0 Å². The standard InChI is InChI=1S/C25H30N2O5/c1-24(2,3)32-23(31)27-21(14-25(4,16-28)22(29)30)13-17-8-10-19(11-9-17)20-7-5-6-18(12-20)15-26/h5-12,21,28H,13-14,16H2,1-4H3,(H,27,31)(H,29,30)/t21-,25?/m1/s1. The summed E-state index contributed by atoms with van der Waals surface area (Å²) >= 11 is 0. The van der Waals surface area contributed by atoms with Crippen molar-refractivity contribution in [1.82, 2.24) is 5.32 Å². The number of amides is 1. The van der Waals surface area contributed by atoms with E-state index < -0.39 is 35.7 Å². The Morgan fingerprint density at radius 2 is 1.75 bits per heavy atom. The van der Waals surface area contributed by atoms with Crippen LogP contribution >= 0.6 is 0 Å². The smallest absolute Gasteiger partial charge is 0.407 e. The van der Waals surface area contributed by atoms with Crippen molar-refractivity contribution in [2.75, 3.05) is 6.61 Å². The first kappa shape index (κ1) is 24.9. The van der Waals surface area contributed by atoms with Crippen molar-refractivity contribution < 1.29 is 24.5 Å². The van der Waals surface area contributed by atoms with Crippen LogP contribution in [0.1, 0.15) is 45.2 Å². The van der Waals surface area contributed by atoms with Gasteiger partial charge in [0, 0.05) is 6.04 Å². The summed E-state index contributed by atoms with van der Waals surface area (Å²) in [7, 11) is 0. The monoisotopic (exact) mass is 438 g/mol. The summed E-state index contributed by atoms with van der Waals surface area (Å²) in [6.45, 7) is 6.14. The van der Waals surface area contributed by atoms with E-state index in [4.69, 9.17) is 10.00 Å². The molecule has 3 N–H and O–H groups in total. The maximum absolute atomic E-state index is 12.3. The summed E-state index contributed by atoms with van der Waals surface area (Å²) in [4.78, 5) is 24.0. The number of nitrogens with zero attached hydrogens (tertiary/aromatic N) is 1. The van der Waals surface area contributed by atoms with E-state index in [9.17, 15) is 19.8 Å². The Bertz CT molecular complexity index is 989. The van der Waals surface area contributed by atoms with Crippen molar-refractivity contribution in [3.63, 3.8) is 0 Å². The van der Waals surface area contributed by atoms with Crippen molar-refractivity contribution in [3.8, 4) is 17.2 Å². The highest BCUT2D eigenvalue weighted by Crippen LogP contribution is 2.26. The van der Waals surface area contributed by atoms with E-state index in [1.54, 1.807) is 32.9 Å². The molecular formula is C25H30N2O5. The topological polar surface area (TPSA) is 120 Å². The minimum absolute atomic E-state index is 0.0318. The number of carboxylic acids is 1. The molecule has 1 unspecified atom stereocenters. The Balaban J connectivity index is 2.22. The highest BCUT2D eigenvalue weighted by Gasteiger charge is 2.36. The molecule has 1 amide bonds. The number of alkyl carbamates (subject to hydrolysis) is 1. The second-order valence-corrected chi connectivity index (χ2v) is 9.16. The number of carbonyl (C=O) groups is 2. The van der Waals surface area contributed by atoms with E-state index in [-0.39, 0.29) is 6.42 Å². The fraction of sp³-hybridized carbons (Fsp3) is 0.400. The van der Waals surface area contributed by atoms with E-state index in [1.807, 2.05) is 36.4 Å². The maximum atomic E-state index is 12.3. The van der Waals surface area contributed by atoms with E-state index in [1.165, 1.54) is 6.92 Å². The second-order valence-electron chi connectivity index (χ2n) is 9.16. The molecule has 170 valence electrons. The predicted molar refractivity (Wildman–Crippen MR) is 121 cm³/mol. The van der Waals surface area contributed by atoms with Crippen molar-refractivity contribution in [3.05, 3.63) is 59.7 Å². The normalized spacial score (nSPS) is 14.0. The zero-order chi connectivity index (χ0) is 23.9. The lowest BCUT2D eigenvalue weighted by atomic mass is 9.82. The van der Waals surface area contributed by atoms with Crippen molar-refractivity contribution in [2.45, 2.75) is 52.2 Å². The van der Waals surface area contributed by atoms with Crippen LogP contribution < -0.4 is 5.32 Å². The summed E-state index contributed by atoms with van der Waals surface area (Å²) in [5, 5.41) is 31.0. The number of carbonyl (C=O) groups excluding carboxylic acids is 1. The van der Waals surface area contributed by atoms with Crippen LogP contribution in [0.25, 0.3) is 11.1 Å². The van der Waals surface area contributed by atoms with Gasteiger partial charge < -0.3 is 20.3 Å². The Labute approximate surface area is 188 Å². The summed E-state index contributed by atoms with van der Waals surface area (Å²) in [5.74, 6) is -1.14. The summed E-state index contributed by atoms with van der Waals surface area (Å²) in [5.41, 5.74) is 1.21. The molecule has 7 nitrogen and oxygen atoms in total. The van der Waals surface area contributed by atoms with E-state index in [0.717, 1.165) is 16.7 Å². The number of ether oxygens (including phenoxy) is 1. The molecular weight excluding hydrogens is 408 g/mol. The molecule has 0 bridgehead atoms. The van der Waals surface area contributed by atoms with Gasteiger partial charge in [0.05, 0.1) is 23.7 Å². The third kappa shape index (κ3) is 7.10. The molecule has 0 aliphatic rings. The fourth-order valence-electron chi connectivity index (χ4n) is 3.30. The summed E-state index contributed by atoms with van der Waals surface area (Å²) in [6, 6.07) is 16.5. The SMILES string of the molecule is CC(C)(C)OC(=O)N[C@H](Cc1ccc(-c2cccc(C#N)c2)cc1)CC(C)(CO)C(=O)O. The molecule has 2 atom stereocenters. The molecule has 0 saturated carbocycles. The maximum Gasteiger partial charge on any atom is 0.407 e. The molecule has 0 fully saturated rings. The van der Waals surface area contributed by atoms with Crippen LogP contribution in [0.15, 0.2) is 48.5 Å². The lowest BCUT2D eigenvalue weighted by Gasteiger charge is -2.29. The molecule has 32 heavy (non-hydrogen) atoms. The third-order valence-corrected chi connectivity index (χ3v) is 5.04. The summed E-state index contributed by atoms with van der Waals surface area (Å²) < 4.78 is 5.33. The first-order valence-corrected chi connectivity index (χ1v) is 10.4. The third-order valence-electron chi connectivity index (χ3n) is 5.04. The number of aliphatic hydroxyl groups excluding tert-OH is 1. The highest BCUT2D eigenvalue weighted by atomic mass is 16.6. The number of hydrogen-bond acceptors (Lipinski definition) is 5. The van der Waals surface area contributed by atoms with Crippen LogP contribution in [0.4, 0.5) is 4.79 Å². The van der Waals surface area contributed by atoms with Crippen molar-refractivity contribution in [2.24, 2.45) is 5.41 Å². The Morgan fingerprint density at radius 1 is 1.09 bits per heavy atom.